The third-order valence-electron chi connectivity index (χ3n) is 2.32. The van der Waals surface area contributed by atoms with Crippen LogP contribution in [0.25, 0.3) is 0 Å². The van der Waals surface area contributed by atoms with Gasteiger partial charge < -0.3 is 4.74 Å². The molecule has 0 aliphatic rings. The van der Waals surface area contributed by atoms with Crippen LogP contribution in [0.2, 0.25) is 0 Å². The van der Waals surface area contributed by atoms with Crippen molar-refractivity contribution in [2.45, 2.75) is 5.75 Å². The summed E-state index contributed by atoms with van der Waals surface area (Å²) in [5.41, 5.74) is 0.245. The minimum absolute atomic E-state index is 0.0904. The summed E-state index contributed by atoms with van der Waals surface area (Å²) in [5.74, 6) is -0.848. The third kappa shape index (κ3) is 4.04. The Bertz CT molecular complexity index is 668. The lowest BCUT2D eigenvalue weighted by Gasteiger charge is -2.08. The first-order valence-corrected chi connectivity index (χ1v) is 7.01. The second-order valence-electron chi connectivity index (χ2n) is 3.91. The van der Waals surface area contributed by atoms with E-state index < -0.39 is 21.7 Å². The summed E-state index contributed by atoms with van der Waals surface area (Å²) >= 11 is 0. The Kier molecular flexibility index (Phi) is 3.82. The zero-order valence-corrected chi connectivity index (χ0v) is 10.6. The van der Waals surface area contributed by atoms with Gasteiger partial charge in [0.15, 0.2) is 11.6 Å². The molecule has 0 fully saturated rings. The molecule has 19 heavy (non-hydrogen) atoms. The molecule has 0 saturated carbocycles. The van der Waals surface area contributed by atoms with E-state index in [0.29, 0.717) is 5.75 Å². The molecular formula is C13H11FO4S. The third-order valence-corrected chi connectivity index (χ3v) is 3.01. The molecule has 2 aromatic rings. The lowest BCUT2D eigenvalue weighted by molar-refractivity contribution is 0.441. The Morgan fingerprint density at radius 1 is 1.11 bits per heavy atom. The van der Waals surface area contributed by atoms with Crippen molar-refractivity contribution in [2.24, 2.45) is 0 Å². The van der Waals surface area contributed by atoms with Crippen molar-refractivity contribution in [1.29, 1.82) is 0 Å². The first kappa shape index (κ1) is 13.5. The number of halogens is 1. The van der Waals surface area contributed by atoms with Crippen molar-refractivity contribution >= 4 is 10.1 Å². The van der Waals surface area contributed by atoms with Gasteiger partial charge in [-0.15, -0.1) is 0 Å². The van der Waals surface area contributed by atoms with E-state index in [2.05, 4.69) is 0 Å². The standard InChI is InChI=1S/C13H11FO4S/c14-12-7-6-10(9-19(15,16)17)8-13(12)18-11-4-2-1-3-5-11/h1-8H,9H2,(H,15,16,17). The van der Waals surface area contributed by atoms with Crippen molar-refractivity contribution in [3.05, 3.63) is 59.9 Å². The molecular weight excluding hydrogens is 271 g/mol. The van der Waals surface area contributed by atoms with E-state index in [0.717, 1.165) is 6.07 Å². The van der Waals surface area contributed by atoms with E-state index in [4.69, 9.17) is 9.29 Å². The van der Waals surface area contributed by atoms with Crippen LogP contribution in [0, 0.1) is 5.82 Å². The smallest absolute Gasteiger partial charge is 0.269 e. The van der Waals surface area contributed by atoms with E-state index in [1.807, 2.05) is 0 Å². The molecule has 2 aromatic carbocycles. The molecule has 0 aliphatic carbocycles. The maximum Gasteiger partial charge on any atom is 0.269 e. The SMILES string of the molecule is O=S(=O)(O)Cc1ccc(F)c(Oc2ccccc2)c1. The molecule has 0 radical (unpaired) electrons. The molecule has 0 amide bonds. The van der Waals surface area contributed by atoms with E-state index in [1.54, 1.807) is 30.3 Å². The summed E-state index contributed by atoms with van der Waals surface area (Å²) in [7, 11) is -4.16. The van der Waals surface area contributed by atoms with Crippen LogP contribution in [-0.2, 0) is 15.9 Å². The maximum atomic E-state index is 13.6. The molecule has 0 aliphatic heterocycles. The minimum atomic E-state index is -4.16. The van der Waals surface area contributed by atoms with Gasteiger partial charge in [-0.3, -0.25) is 4.55 Å². The van der Waals surface area contributed by atoms with Gasteiger partial charge in [-0.05, 0) is 29.8 Å². The first-order chi connectivity index (χ1) is 8.94. The number of benzene rings is 2. The van der Waals surface area contributed by atoms with E-state index in [9.17, 15) is 12.8 Å². The Morgan fingerprint density at radius 3 is 2.42 bits per heavy atom. The molecule has 0 spiro atoms. The summed E-state index contributed by atoms with van der Waals surface area (Å²) in [4.78, 5) is 0. The number of rotatable bonds is 4. The van der Waals surface area contributed by atoms with E-state index in [-0.39, 0.29) is 11.3 Å². The van der Waals surface area contributed by atoms with Gasteiger partial charge in [-0.25, -0.2) is 4.39 Å². The van der Waals surface area contributed by atoms with Crippen LogP contribution in [0.4, 0.5) is 4.39 Å². The zero-order chi connectivity index (χ0) is 13.9. The fraction of sp³-hybridized carbons (Fsp3) is 0.0769. The highest BCUT2D eigenvalue weighted by atomic mass is 32.2. The van der Waals surface area contributed by atoms with Crippen molar-refractivity contribution < 1.29 is 22.1 Å². The van der Waals surface area contributed by atoms with Gasteiger partial charge in [0, 0.05) is 0 Å². The predicted molar refractivity (Wildman–Crippen MR) is 68.2 cm³/mol. The molecule has 0 atom stereocenters. The normalized spacial score (nSPS) is 11.3. The quantitative estimate of drug-likeness (QED) is 0.875. The van der Waals surface area contributed by atoms with E-state index in [1.165, 1.54) is 12.1 Å². The molecule has 2 rings (SSSR count). The minimum Gasteiger partial charge on any atom is -0.454 e. The van der Waals surface area contributed by atoms with Crippen LogP contribution in [0.1, 0.15) is 5.56 Å². The molecule has 1 N–H and O–H groups in total. The molecule has 6 heteroatoms. The van der Waals surface area contributed by atoms with E-state index >= 15 is 0 Å². The molecule has 0 unspecified atom stereocenters. The summed E-state index contributed by atoms with van der Waals surface area (Å²) < 4.78 is 49.2. The van der Waals surface area contributed by atoms with Crippen molar-refractivity contribution in [1.82, 2.24) is 0 Å². The van der Waals surface area contributed by atoms with Gasteiger partial charge >= 0.3 is 0 Å². The average molecular weight is 282 g/mol. The van der Waals surface area contributed by atoms with Crippen LogP contribution in [0.5, 0.6) is 11.5 Å². The first-order valence-electron chi connectivity index (χ1n) is 5.40. The second-order valence-corrected chi connectivity index (χ2v) is 5.36. The average Bonchev–Trinajstić information content (AvgIpc) is 2.33. The molecule has 100 valence electrons. The Hall–Kier alpha value is -1.92. The van der Waals surface area contributed by atoms with Gasteiger partial charge in [0.05, 0.1) is 0 Å². The highest BCUT2D eigenvalue weighted by Crippen LogP contribution is 2.25. The van der Waals surface area contributed by atoms with Crippen LogP contribution in [0.15, 0.2) is 48.5 Å². The van der Waals surface area contributed by atoms with Crippen LogP contribution < -0.4 is 4.74 Å². The van der Waals surface area contributed by atoms with Gasteiger partial charge in [-0.1, -0.05) is 24.3 Å². The predicted octanol–water partition coefficient (Wildman–Crippen LogP) is 3.01. The summed E-state index contributed by atoms with van der Waals surface area (Å²) in [6, 6.07) is 12.2. The molecule has 0 bridgehead atoms. The van der Waals surface area contributed by atoms with Crippen molar-refractivity contribution in [3.63, 3.8) is 0 Å². The van der Waals surface area contributed by atoms with Crippen LogP contribution in [0.3, 0.4) is 0 Å². The highest BCUT2D eigenvalue weighted by Gasteiger charge is 2.11. The number of hydrogen-bond donors (Lipinski definition) is 1. The molecule has 0 saturated heterocycles. The summed E-state index contributed by atoms with van der Waals surface area (Å²) in [5, 5.41) is 0. The molecule has 0 aromatic heterocycles. The fourth-order valence-corrected chi connectivity index (χ4v) is 2.14. The highest BCUT2D eigenvalue weighted by molar-refractivity contribution is 7.85. The lowest BCUT2D eigenvalue weighted by Crippen LogP contribution is -2.02. The molecule has 0 heterocycles. The number of ether oxygens (including phenoxy) is 1. The van der Waals surface area contributed by atoms with Gasteiger partial charge in [0.2, 0.25) is 0 Å². The largest absolute Gasteiger partial charge is 0.454 e. The van der Waals surface area contributed by atoms with Crippen LogP contribution in [-0.4, -0.2) is 13.0 Å². The molecule has 4 nitrogen and oxygen atoms in total. The van der Waals surface area contributed by atoms with Crippen molar-refractivity contribution in [2.75, 3.05) is 0 Å². The Labute approximate surface area is 110 Å². The number of para-hydroxylation sites is 1. The summed E-state index contributed by atoms with van der Waals surface area (Å²) in [6.07, 6.45) is 0. The van der Waals surface area contributed by atoms with Gasteiger partial charge in [0.1, 0.15) is 11.5 Å². The fourth-order valence-electron chi connectivity index (χ4n) is 1.54. The summed E-state index contributed by atoms with van der Waals surface area (Å²) in [6.45, 7) is 0. The zero-order valence-electron chi connectivity index (χ0n) is 9.78. The second kappa shape index (κ2) is 5.38. The van der Waals surface area contributed by atoms with Crippen LogP contribution >= 0.6 is 0 Å². The van der Waals surface area contributed by atoms with Crippen molar-refractivity contribution in [3.8, 4) is 11.5 Å². The number of hydrogen-bond acceptors (Lipinski definition) is 3. The maximum absolute atomic E-state index is 13.6. The van der Waals surface area contributed by atoms with Gasteiger partial charge in [0.25, 0.3) is 10.1 Å². The Morgan fingerprint density at radius 2 is 1.79 bits per heavy atom. The lowest BCUT2D eigenvalue weighted by atomic mass is 10.2. The topological polar surface area (TPSA) is 63.6 Å². The Balaban J connectivity index is 2.27. The monoisotopic (exact) mass is 282 g/mol. The van der Waals surface area contributed by atoms with Gasteiger partial charge in [-0.2, -0.15) is 8.42 Å².